The second kappa shape index (κ2) is 13.1. The molecular formula is C32H37N5O4S. The van der Waals surface area contributed by atoms with Crippen LogP contribution in [-0.2, 0) is 16.8 Å². The Labute approximate surface area is 251 Å². The number of carbonyl (C=O) groups excluding carboxylic acids is 2. The minimum Gasteiger partial charge on any atom is -0.497 e. The normalized spacial score (nSPS) is 11.2. The number of aromatic nitrogens is 3. The summed E-state index contributed by atoms with van der Waals surface area (Å²) in [6.45, 7) is 10.4. The molecule has 0 spiro atoms. The molecule has 0 atom stereocenters. The molecule has 2 N–H and O–H groups in total. The summed E-state index contributed by atoms with van der Waals surface area (Å²) in [4.78, 5) is 25.9. The van der Waals surface area contributed by atoms with E-state index in [2.05, 4.69) is 41.6 Å². The minimum atomic E-state index is -0.232. The molecule has 4 rings (SSSR count). The first kappa shape index (κ1) is 30.6. The third-order valence-electron chi connectivity index (χ3n) is 6.75. The second-order valence-corrected chi connectivity index (χ2v) is 11.9. The van der Waals surface area contributed by atoms with Crippen LogP contribution in [0.1, 0.15) is 53.6 Å². The van der Waals surface area contributed by atoms with Crippen molar-refractivity contribution in [3.05, 3.63) is 88.7 Å². The fourth-order valence-electron chi connectivity index (χ4n) is 4.29. The lowest BCUT2D eigenvalue weighted by Gasteiger charge is -2.19. The highest BCUT2D eigenvalue weighted by Crippen LogP contribution is 2.32. The maximum atomic E-state index is 13.0. The van der Waals surface area contributed by atoms with E-state index in [0.717, 1.165) is 22.4 Å². The molecule has 0 saturated carbocycles. The van der Waals surface area contributed by atoms with E-state index in [1.807, 2.05) is 56.3 Å². The van der Waals surface area contributed by atoms with E-state index in [4.69, 9.17) is 9.47 Å². The summed E-state index contributed by atoms with van der Waals surface area (Å²) in [5, 5.41) is 15.1. The maximum Gasteiger partial charge on any atom is 0.251 e. The first-order valence-corrected chi connectivity index (χ1v) is 14.5. The fourth-order valence-corrected chi connectivity index (χ4v) is 5.06. The zero-order valence-corrected chi connectivity index (χ0v) is 25.9. The van der Waals surface area contributed by atoms with Gasteiger partial charge in [-0.05, 0) is 66.3 Å². The van der Waals surface area contributed by atoms with Gasteiger partial charge < -0.3 is 20.1 Å². The first-order valence-electron chi connectivity index (χ1n) is 13.6. The number of hydrogen-bond acceptors (Lipinski definition) is 7. The molecule has 0 aliphatic rings. The lowest BCUT2D eigenvalue weighted by molar-refractivity contribution is -0.113. The number of hydrogen-bond donors (Lipinski definition) is 2. The van der Waals surface area contributed by atoms with Gasteiger partial charge in [-0.3, -0.25) is 14.2 Å². The van der Waals surface area contributed by atoms with Gasteiger partial charge in [-0.1, -0.05) is 56.8 Å². The largest absolute Gasteiger partial charge is 0.497 e. The Hall–Kier alpha value is -4.31. The first-order chi connectivity index (χ1) is 20.0. The van der Waals surface area contributed by atoms with Gasteiger partial charge in [0.15, 0.2) is 11.0 Å². The van der Waals surface area contributed by atoms with Crippen molar-refractivity contribution in [3.8, 4) is 17.2 Å². The molecule has 42 heavy (non-hydrogen) atoms. The van der Waals surface area contributed by atoms with Gasteiger partial charge in [-0.2, -0.15) is 0 Å². The van der Waals surface area contributed by atoms with Crippen LogP contribution in [0.2, 0.25) is 0 Å². The van der Waals surface area contributed by atoms with Crippen LogP contribution in [0.5, 0.6) is 11.5 Å². The SMILES string of the molecule is COc1ccc(OC)c(-n2c(CNC(=O)c3ccc(C(C)(C)C)cc3)nnc2SCC(=O)Nc2cc(C)ccc2C)c1. The summed E-state index contributed by atoms with van der Waals surface area (Å²) in [5.41, 5.74) is 5.12. The van der Waals surface area contributed by atoms with Crippen molar-refractivity contribution in [2.45, 2.75) is 51.7 Å². The molecule has 220 valence electrons. The van der Waals surface area contributed by atoms with Crippen molar-refractivity contribution < 1.29 is 19.1 Å². The standard InChI is InChI=1S/C32H37N5O4S/c1-20-8-9-21(2)25(16-20)34-29(38)19-42-31-36-35-28(37(31)26-17-24(40-6)14-15-27(26)41-7)18-33-30(39)22-10-12-23(13-11-22)32(3,4)5/h8-17H,18-19H2,1-7H3,(H,33,39)(H,34,38). The van der Waals surface area contributed by atoms with E-state index in [-0.39, 0.29) is 29.5 Å². The second-order valence-electron chi connectivity index (χ2n) is 10.9. The average molecular weight is 588 g/mol. The predicted octanol–water partition coefficient (Wildman–Crippen LogP) is 5.86. The topological polar surface area (TPSA) is 107 Å². The summed E-state index contributed by atoms with van der Waals surface area (Å²) < 4.78 is 12.9. The number of nitrogens with one attached hydrogen (secondary N) is 2. The Bertz CT molecular complexity index is 1580. The number of methoxy groups -OCH3 is 2. The van der Waals surface area contributed by atoms with Crippen LogP contribution in [0, 0.1) is 13.8 Å². The van der Waals surface area contributed by atoms with E-state index in [1.54, 1.807) is 37.0 Å². The lowest BCUT2D eigenvalue weighted by atomic mass is 9.87. The Balaban J connectivity index is 1.58. The number of aryl methyl sites for hydroxylation is 2. The minimum absolute atomic E-state index is 0.00887. The van der Waals surface area contributed by atoms with Gasteiger partial charge in [-0.25, -0.2) is 0 Å². The van der Waals surface area contributed by atoms with Crippen LogP contribution in [-0.4, -0.2) is 46.6 Å². The van der Waals surface area contributed by atoms with Crippen molar-refractivity contribution in [3.63, 3.8) is 0 Å². The van der Waals surface area contributed by atoms with Crippen molar-refractivity contribution in [1.29, 1.82) is 0 Å². The van der Waals surface area contributed by atoms with E-state index in [0.29, 0.717) is 33.7 Å². The summed E-state index contributed by atoms with van der Waals surface area (Å²) in [6.07, 6.45) is 0. The molecule has 1 heterocycles. The Morgan fingerprint density at radius 3 is 2.33 bits per heavy atom. The Kier molecular flexibility index (Phi) is 9.57. The molecule has 0 unspecified atom stereocenters. The molecule has 10 heteroatoms. The van der Waals surface area contributed by atoms with Crippen LogP contribution in [0.15, 0.2) is 65.8 Å². The van der Waals surface area contributed by atoms with Gasteiger partial charge >= 0.3 is 0 Å². The zero-order valence-electron chi connectivity index (χ0n) is 25.1. The Morgan fingerprint density at radius 2 is 1.67 bits per heavy atom. The van der Waals surface area contributed by atoms with Gasteiger partial charge in [0.05, 0.1) is 32.2 Å². The van der Waals surface area contributed by atoms with E-state index >= 15 is 0 Å². The van der Waals surface area contributed by atoms with E-state index in [1.165, 1.54) is 11.8 Å². The smallest absolute Gasteiger partial charge is 0.251 e. The quantitative estimate of drug-likeness (QED) is 0.224. The van der Waals surface area contributed by atoms with Gasteiger partial charge in [0.1, 0.15) is 11.5 Å². The van der Waals surface area contributed by atoms with Crippen LogP contribution in [0.4, 0.5) is 5.69 Å². The zero-order chi connectivity index (χ0) is 30.4. The molecule has 0 fully saturated rings. The molecular weight excluding hydrogens is 550 g/mol. The van der Waals surface area contributed by atoms with Crippen LogP contribution in [0.3, 0.4) is 0 Å². The van der Waals surface area contributed by atoms with Gasteiger partial charge in [0.25, 0.3) is 5.91 Å². The highest BCUT2D eigenvalue weighted by molar-refractivity contribution is 7.99. The maximum absolute atomic E-state index is 13.0. The van der Waals surface area contributed by atoms with Crippen LogP contribution in [0.25, 0.3) is 5.69 Å². The van der Waals surface area contributed by atoms with E-state index in [9.17, 15) is 9.59 Å². The summed E-state index contributed by atoms with van der Waals surface area (Å²) >= 11 is 1.24. The number of anilines is 1. The third kappa shape index (κ3) is 7.30. The van der Waals surface area contributed by atoms with Gasteiger partial charge in [0, 0.05) is 17.3 Å². The Morgan fingerprint density at radius 1 is 0.929 bits per heavy atom. The molecule has 0 aliphatic heterocycles. The molecule has 0 radical (unpaired) electrons. The average Bonchev–Trinajstić information content (AvgIpc) is 3.38. The van der Waals surface area contributed by atoms with E-state index < -0.39 is 0 Å². The molecule has 3 aromatic carbocycles. The fraction of sp³-hybridized carbons (Fsp3) is 0.312. The van der Waals surface area contributed by atoms with Crippen molar-refractivity contribution in [2.24, 2.45) is 0 Å². The molecule has 0 bridgehead atoms. The number of ether oxygens (including phenoxy) is 2. The number of rotatable bonds is 10. The highest BCUT2D eigenvalue weighted by atomic mass is 32.2. The number of nitrogens with zero attached hydrogens (tertiary/aromatic N) is 3. The lowest BCUT2D eigenvalue weighted by Crippen LogP contribution is -2.25. The summed E-state index contributed by atoms with van der Waals surface area (Å²) in [5.74, 6) is 1.34. The summed E-state index contributed by atoms with van der Waals surface area (Å²) in [7, 11) is 3.15. The molecule has 4 aromatic rings. The number of benzene rings is 3. The number of carbonyl (C=O) groups is 2. The molecule has 9 nitrogen and oxygen atoms in total. The molecule has 1 aromatic heterocycles. The monoisotopic (exact) mass is 587 g/mol. The number of amides is 2. The summed E-state index contributed by atoms with van der Waals surface area (Å²) in [6, 6.07) is 18.9. The van der Waals surface area contributed by atoms with Crippen LogP contribution < -0.4 is 20.1 Å². The third-order valence-corrected chi connectivity index (χ3v) is 7.68. The van der Waals surface area contributed by atoms with Crippen LogP contribution >= 0.6 is 11.8 Å². The van der Waals surface area contributed by atoms with Gasteiger partial charge in [-0.15, -0.1) is 10.2 Å². The van der Waals surface area contributed by atoms with Crippen molar-refractivity contribution in [1.82, 2.24) is 20.1 Å². The highest BCUT2D eigenvalue weighted by Gasteiger charge is 2.21. The van der Waals surface area contributed by atoms with Gasteiger partial charge in [0.2, 0.25) is 5.91 Å². The molecule has 2 amide bonds. The molecule has 0 saturated heterocycles. The number of thioether (sulfide) groups is 1. The van der Waals surface area contributed by atoms with Crippen molar-refractivity contribution in [2.75, 3.05) is 25.3 Å². The predicted molar refractivity (Wildman–Crippen MR) is 166 cm³/mol. The van der Waals surface area contributed by atoms with Crippen molar-refractivity contribution >= 4 is 29.3 Å². The molecule has 0 aliphatic carbocycles.